The molecule has 0 unspecified atom stereocenters. The third-order valence-corrected chi connectivity index (χ3v) is 31.0. The van der Waals surface area contributed by atoms with Gasteiger partial charge in [0.1, 0.15) is 0 Å². The minimum absolute atomic E-state index is 0.226. The van der Waals surface area contributed by atoms with Gasteiger partial charge in [0.05, 0.1) is 173 Å². The molecule has 764 valence electrons. The van der Waals surface area contributed by atoms with Crippen LogP contribution in [0.3, 0.4) is 0 Å². The average Bonchev–Trinajstić information content (AvgIpc) is 1.55. The monoisotopic (exact) mass is 1980 g/mol. The van der Waals surface area contributed by atoms with Crippen molar-refractivity contribution in [3.8, 4) is 68.3 Å². The molecule has 0 saturated carbocycles. The Kier molecular flexibility index (Phi) is 32.9. The molecule has 0 radical (unpaired) electrons. The summed E-state index contributed by atoms with van der Waals surface area (Å²) in [5.74, 6) is 1.24. The van der Waals surface area contributed by atoms with Gasteiger partial charge in [-0.3, -0.25) is 9.13 Å². The van der Waals surface area contributed by atoms with Gasteiger partial charge in [0.25, 0.3) is 0 Å². The van der Waals surface area contributed by atoms with Gasteiger partial charge >= 0.3 is 0 Å². The molecule has 4 aliphatic rings. The van der Waals surface area contributed by atoms with Crippen LogP contribution in [0.1, 0.15) is 153 Å². The second kappa shape index (κ2) is 48.0. The van der Waals surface area contributed by atoms with Gasteiger partial charge in [-0.2, -0.15) is 0 Å². The number of benzene rings is 12. The Labute approximate surface area is 869 Å². The zero-order valence-corrected chi connectivity index (χ0v) is 86.5. The molecule has 0 N–H and O–H groups in total. The van der Waals surface area contributed by atoms with E-state index in [9.17, 15) is 0 Å². The largest absolute Gasteiger partial charge is 0.381 e. The molecule has 4 aliphatic heterocycles. The summed E-state index contributed by atoms with van der Waals surface area (Å²) in [6, 6.07) is 104. The highest BCUT2D eigenvalue weighted by molar-refractivity contribution is 6.29. The zero-order chi connectivity index (χ0) is 100. The van der Waals surface area contributed by atoms with Crippen molar-refractivity contribution in [1.82, 2.24) is 38.2 Å². The van der Waals surface area contributed by atoms with Crippen LogP contribution in [0.2, 0.25) is 0 Å². The lowest BCUT2D eigenvalue weighted by atomic mass is 9.84. The van der Waals surface area contributed by atoms with Crippen molar-refractivity contribution in [2.75, 3.05) is 132 Å². The number of hydrogen-bond donors (Lipinski definition) is 0. The van der Waals surface area contributed by atoms with E-state index in [1.54, 1.807) is 0 Å². The molecular formula is C128H140N8O12. The lowest BCUT2D eigenvalue weighted by molar-refractivity contribution is -0.150. The van der Waals surface area contributed by atoms with Gasteiger partial charge < -0.3 is 66.0 Å². The van der Waals surface area contributed by atoms with Crippen LogP contribution >= 0.6 is 0 Å². The van der Waals surface area contributed by atoms with Crippen molar-refractivity contribution < 1.29 is 56.8 Å². The number of aromatic nitrogens is 8. The van der Waals surface area contributed by atoms with Gasteiger partial charge in [-0.25, -0.2) is 19.9 Å². The van der Waals surface area contributed by atoms with Crippen molar-refractivity contribution in [3.63, 3.8) is 0 Å². The Morgan fingerprint density at radius 3 is 0.743 bits per heavy atom. The highest BCUT2D eigenvalue weighted by Gasteiger charge is 2.40. The van der Waals surface area contributed by atoms with Crippen molar-refractivity contribution in [3.05, 3.63) is 313 Å². The van der Waals surface area contributed by atoms with Gasteiger partial charge in [0.2, 0.25) is 11.9 Å². The quantitative estimate of drug-likeness (QED) is 0.0328. The fourth-order valence-corrected chi connectivity index (χ4v) is 21.3. The normalized spacial score (nSPS) is 15.1. The topological polar surface area (TPSA) is 182 Å². The van der Waals surface area contributed by atoms with E-state index in [1.807, 2.05) is 24.3 Å². The molecule has 4 fully saturated rings. The minimum Gasteiger partial charge on any atom is -0.381 e. The van der Waals surface area contributed by atoms with E-state index in [-0.39, 0.29) is 21.7 Å². The third kappa shape index (κ3) is 22.8. The molecule has 18 aromatic rings. The number of nitrogens with zero attached hydrogens (tertiary/aromatic N) is 8. The number of fused-ring (bicyclic) bond motifs is 13. The highest BCUT2D eigenvalue weighted by atomic mass is 16.5. The van der Waals surface area contributed by atoms with E-state index < -0.39 is 0 Å². The van der Waals surface area contributed by atoms with Crippen LogP contribution in [0.15, 0.2) is 291 Å². The maximum absolute atomic E-state index is 6.43. The molecule has 0 amide bonds. The summed E-state index contributed by atoms with van der Waals surface area (Å²) < 4.78 is 81.0. The molecule has 0 atom stereocenters. The Bertz CT molecular complexity index is 7160. The van der Waals surface area contributed by atoms with Crippen molar-refractivity contribution in [2.45, 2.75) is 157 Å². The van der Waals surface area contributed by atoms with E-state index in [1.165, 1.54) is 16.2 Å². The number of para-hydroxylation sites is 2. The summed E-state index contributed by atoms with van der Waals surface area (Å²) in [5, 5.41) is 9.21. The van der Waals surface area contributed by atoms with Crippen molar-refractivity contribution in [2.24, 2.45) is 21.7 Å². The predicted molar refractivity (Wildman–Crippen MR) is 595 cm³/mol. The van der Waals surface area contributed by atoms with Crippen molar-refractivity contribution in [1.29, 1.82) is 0 Å². The SMILES string of the molecule is CCC1(COCCCCCOCc2ccc3c(c2)c2c4c5cc(COCCCCCOCC6(CC)COC6)ccc5n(-c5nc(-c6ccccc6)cc(-c6ccccc6)n5)c4ccc2n3-c2ccccc2)COC1.CCC1(COCCCCCOCc2ccc3c(c2)c2cc4c(cc2n3-c2ccccc2)c2cc(COCCCCCOCC3(CC)COC3)ccc2n4-c2nc(-c3ccccc3)cc(-c3ccccc3)n2)COC1. The molecule has 0 bridgehead atoms. The van der Waals surface area contributed by atoms with Gasteiger partial charge in [0.15, 0.2) is 0 Å². The fraction of sp³-hybridized carbons (Fsp3) is 0.375. The Hall–Kier alpha value is -12.5. The van der Waals surface area contributed by atoms with Gasteiger partial charge in [-0.15, -0.1) is 0 Å². The van der Waals surface area contributed by atoms with Crippen LogP contribution in [-0.2, 0) is 83.3 Å². The summed E-state index contributed by atoms with van der Waals surface area (Å²) in [6.07, 6.45) is 16.8. The van der Waals surface area contributed by atoms with Crippen molar-refractivity contribution >= 4 is 87.2 Å². The summed E-state index contributed by atoms with van der Waals surface area (Å²) in [7, 11) is 0. The van der Waals surface area contributed by atoms with E-state index in [2.05, 4.69) is 313 Å². The van der Waals surface area contributed by atoms with E-state index >= 15 is 0 Å². The van der Waals surface area contributed by atoms with Crippen LogP contribution in [0, 0.1) is 21.7 Å². The van der Waals surface area contributed by atoms with Gasteiger partial charge in [-0.1, -0.05) is 210 Å². The lowest BCUT2D eigenvalue weighted by Crippen LogP contribution is -2.45. The number of rotatable bonds is 52. The molecule has 22 rings (SSSR count). The summed E-state index contributed by atoms with van der Waals surface area (Å²) in [6.45, 7) is 26.8. The molecule has 10 heterocycles. The number of ether oxygens (including phenoxy) is 12. The molecule has 20 heteroatoms. The van der Waals surface area contributed by atoms with E-state index in [0.717, 1.165) is 358 Å². The molecule has 12 aromatic carbocycles. The number of hydrogen-bond acceptors (Lipinski definition) is 16. The second-order valence-electron chi connectivity index (χ2n) is 41.5. The van der Waals surface area contributed by atoms with Crippen LogP contribution < -0.4 is 0 Å². The molecule has 0 spiro atoms. The van der Waals surface area contributed by atoms with Crippen LogP contribution in [-0.4, -0.2) is 170 Å². The molecule has 4 saturated heterocycles. The van der Waals surface area contributed by atoms with Crippen LogP contribution in [0.5, 0.6) is 0 Å². The van der Waals surface area contributed by atoms with E-state index in [0.29, 0.717) is 64.8 Å². The lowest BCUT2D eigenvalue weighted by Gasteiger charge is -2.40. The summed E-state index contributed by atoms with van der Waals surface area (Å²) in [5.41, 5.74) is 24.0. The maximum atomic E-state index is 6.43. The fourth-order valence-electron chi connectivity index (χ4n) is 21.3. The summed E-state index contributed by atoms with van der Waals surface area (Å²) in [4.78, 5) is 21.6. The standard InChI is InChI=1S/2C64H70N4O6/c1-3-63(43-73-44-63)41-71-34-18-8-16-32-69-39-47-26-28-56-52(36-47)60-58(67(56)51-24-14-7-15-25-51)30-31-59-61(60)53-37-48(40-70-33-17-9-19-35-72-42-64(4-2)45-74-46-64)27-29-57(53)68(59)62-65-54(49-20-10-5-11-21-49)38-55(66-62)50-22-12-6-13-23-50;1-3-63(43-73-44-63)41-71-32-18-8-16-30-69-39-47-26-28-58-52(34-47)54-37-61-55(36-60(54)67(58)51-24-14-7-15-25-51)53-35-48(40-70-31-17-9-19-33-72-42-64(4-2)45-74-46-64)27-29-59(53)68(61)62-65-56(49-20-10-5-11-21-49)38-57(66-62)50-22-12-6-13-23-50/h5-7,10-15,20-31,36-38H,3-4,8-9,16-19,32-35,39-46H2,1-2H3;5-7,10-15,20-29,34-38H,3-4,8-9,16-19,30-33,39-46H2,1-2H3. The maximum Gasteiger partial charge on any atom is 0.235 e. The van der Waals surface area contributed by atoms with Gasteiger partial charge in [0, 0.05) is 151 Å². The molecule has 0 aliphatic carbocycles. The third-order valence-electron chi connectivity index (χ3n) is 31.0. The Morgan fingerprint density at radius 1 is 0.223 bits per heavy atom. The van der Waals surface area contributed by atoms with E-state index in [4.69, 9.17) is 76.8 Å². The first-order chi connectivity index (χ1) is 73.1. The minimum atomic E-state index is 0.226. The first-order valence-electron chi connectivity index (χ1n) is 54.2. The Morgan fingerprint density at radius 2 is 0.453 bits per heavy atom. The molecule has 148 heavy (non-hydrogen) atoms. The average molecular weight is 1980 g/mol. The highest BCUT2D eigenvalue weighted by Crippen LogP contribution is 2.47. The van der Waals surface area contributed by atoms with Gasteiger partial charge in [-0.05, 0) is 234 Å². The molecule has 6 aromatic heterocycles. The first-order valence-corrected chi connectivity index (χ1v) is 54.2. The summed E-state index contributed by atoms with van der Waals surface area (Å²) >= 11 is 0. The van der Waals surface area contributed by atoms with Crippen LogP contribution in [0.25, 0.3) is 156 Å². The molecular weight excluding hydrogens is 1840 g/mol. The molecule has 20 nitrogen and oxygen atoms in total. The second-order valence-corrected chi connectivity index (χ2v) is 41.5. The zero-order valence-electron chi connectivity index (χ0n) is 86.5. The first kappa shape index (κ1) is 101. The Balaban J connectivity index is 0.000000173. The van der Waals surface area contributed by atoms with Crippen LogP contribution in [0.4, 0.5) is 0 Å². The predicted octanol–water partition coefficient (Wildman–Crippen LogP) is 28.5. The smallest absolute Gasteiger partial charge is 0.235 e. The number of unbranched alkanes of at least 4 members (excludes halogenated alkanes) is 8.